The molecule has 0 aliphatic heterocycles. The number of para-hydroxylation sites is 1. The molecule has 0 saturated carbocycles. The summed E-state index contributed by atoms with van der Waals surface area (Å²) < 4.78 is 0. The molecule has 0 fully saturated rings. The lowest BCUT2D eigenvalue weighted by Crippen LogP contribution is -2.02. The molecule has 0 spiro atoms. The average Bonchev–Trinajstić information content (AvgIpc) is 2.74. The normalized spacial score (nSPS) is 10.9. The molecular weight excluding hydrogens is 238 g/mol. The summed E-state index contributed by atoms with van der Waals surface area (Å²) in [5.41, 5.74) is 2.15. The maximum absolute atomic E-state index is 11.2. The smallest absolute Gasteiger partial charge is 0.248 e. The standard InChI is InChI=1S/C12H8ClN3O/c13-8-2-1-3-9-11(8)16-12(15-9)7-4-5-14-10(17)6-7/h1-6H,(H,14,17)(H,15,16). The van der Waals surface area contributed by atoms with Gasteiger partial charge in [-0.05, 0) is 18.2 Å². The molecule has 17 heavy (non-hydrogen) atoms. The van der Waals surface area contributed by atoms with E-state index in [9.17, 15) is 4.79 Å². The highest BCUT2D eigenvalue weighted by molar-refractivity contribution is 6.34. The molecule has 0 aliphatic rings. The lowest BCUT2D eigenvalue weighted by Gasteiger charge is -1.93. The molecule has 4 nitrogen and oxygen atoms in total. The number of nitrogens with one attached hydrogen (secondary N) is 2. The molecular formula is C12H8ClN3O. The van der Waals surface area contributed by atoms with Gasteiger partial charge < -0.3 is 9.97 Å². The molecule has 2 heterocycles. The first-order chi connectivity index (χ1) is 8.24. The minimum absolute atomic E-state index is 0.158. The Kier molecular flexibility index (Phi) is 2.23. The summed E-state index contributed by atoms with van der Waals surface area (Å²) >= 11 is 6.04. The zero-order chi connectivity index (χ0) is 11.8. The van der Waals surface area contributed by atoms with Crippen molar-refractivity contribution in [2.75, 3.05) is 0 Å². The molecule has 2 N–H and O–H groups in total. The summed E-state index contributed by atoms with van der Waals surface area (Å²) in [4.78, 5) is 21.3. The van der Waals surface area contributed by atoms with Crippen LogP contribution in [0.2, 0.25) is 5.02 Å². The zero-order valence-corrected chi connectivity index (χ0v) is 9.45. The molecule has 1 aromatic carbocycles. The van der Waals surface area contributed by atoms with Crippen LogP contribution in [0.3, 0.4) is 0 Å². The second-order valence-corrected chi connectivity index (χ2v) is 4.07. The third-order valence-electron chi connectivity index (χ3n) is 2.51. The number of benzene rings is 1. The van der Waals surface area contributed by atoms with Gasteiger partial charge in [0, 0.05) is 17.8 Å². The molecule has 84 valence electrons. The van der Waals surface area contributed by atoms with Crippen LogP contribution in [0.4, 0.5) is 0 Å². The van der Waals surface area contributed by atoms with Crippen molar-refractivity contribution in [3.8, 4) is 11.4 Å². The number of imidazole rings is 1. The number of nitrogens with zero attached hydrogens (tertiary/aromatic N) is 1. The lowest BCUT2D eigenvalue weighted by molar-refractivity contribution is 1.22. The van der Waals surface area contributed by atoms with Gasteiger partial charge in [-0.25, -0.2) is 4.98 Å². The Labute approximate surface area is 101 Å². The molecule has 0 aliphatic carbocycles. The highest BCUT2D eigenvalue weighted by atomic mass is 35.5. The van der Waals surface area contributed by atoms with Gasteiger partial charge in [0.05, 0.1) is 10.5 Å². The largest absolute Gasteiger partial charge is 0.338 e. The minimum Gasteiger partial charge on any atom is -0.338 e. The van der Waals surface area contributed by atoms with E-state index in [4.69, 9.17) is 11.6 Å². The Morgan fingerprint density at radius 1 is 1.24 bits per heavy atom. The predicted octanol–water partition coefficient (Wildman–Crippen LogP) is 2.57. The van der Waals surface area contributed by atoms with Gasteiger partial charge in [-0.15, -0.1) is 0 Å². The van der Waals surface area contributed by atoms with E-state index in [-0.39, 0.29) is 5.56 Å². The zero-order valence-electron chi connectivity index (χ0n) is 8.70. The second kappa shape index (κ2) is 3.75. The topological polar surface area (TPSA) is 61.5 Å². The number of hydrogen-bond acceptors (Lipinski definition) is 2. The molecule has 3 aromatic rings. The number of aromatic amines is 2. The van der Waals surface area contributed by atoms with E-state index in [0.717, 1.165) is 11.1 Å². The van der Waals surface area contributed by atoms with E-state index in [0.29, 0.717) is 16.4 Å². The van der Waals surface area contributed by atoms with Crippen molar-refractivity contribution in [3.63, 3.8) is 0 Å². The molecule has 0 atom stereocenters. The quantitative estimate of drug-likeness (QED) is 0.692. The molecule has 2 aromatic heterocycles. The van der Waals surface area contributed by atoms with Crippen LogP contribution < -0.4 is 5.56 Å². The second-order valence-electron chi connectivity index (χ2n) is 3.66. The van der Waals surface area contributed by atoms with Crippen molar-refractivity contribution < 1.29 is 0 Å². The number of H-pyrrole nitrogens is 2. The van der Waals surface area contributed by atoms with E-state index in [1.54, 1.807) is 18.3 Å². The van der Waals surface area contributed by atoms with Crippen molar-refractivity contribution in [2.45, 2.75) is 0 Å². The summed E-state index contributed by atoms with van der Waals surface area (Å²) in [5.74, 6) is 0.638. The Morgan fingerprint density at radius 3 is 2.88 bits per heavy atom. The third-order valence-corrected chi connectivity index (χ3v) is 2.82. The van der Waals surface area contributed by atoms with Gasteiger partial charge in [0.2, 0.25) is 5.56 Å². The van der Waals surface area contributed by atoms with Crippen molar-refractivity contribution >= 4 is 22.6 Å². The van der Waals surface area contributed by atoms with Crippen LogP contribution in [0.15, 0.2) is 41.3 Å². The number of halogens is 1. The highest BCUT2D eigenvalue weighted by Gasteiger charge is 2.07. The number of aromatic nitrogens is 3. The van der Waals surface area contributed by atoms with Crippen molar-refractivity contribution in [2.24, 2.45) is 0 Å². The van der Waals surface area contributed by atoms with Crippen LogP contribution in [0, 0.1) is 0 Å². The van der Waals surface area contributed by atoms with Crippen LogP contribution >= 0.6 is 11.6 Å². The fourth-order valence-electron chi connectivity index (χ4n) is 1.73. The van der Waals surface area contributed by atoms with E-state index >= 15 is 0 Å². The Balaban J connectivity index is 2.25. The van der Waals surface area contributed by atoms with Crippen molar-refractivity contribution in [3.05, 3.63) is 51.9 Å². The summed E-state index contributed by atoms with van der Waals surface area (Å²) in [6.07, 6.45) is 1.59. The molecule has 0 radical (unpaired) electrons. The van der Waals surface area contributed by atoms with Gasteiger partial charge >= 0.3 is 0 Å². The van der Waals surface area contributed by atoms with Crippen LogP contribution in [-0.4, -0.2) is 15.0 Å². The number of pyridine rings is 1. The monoisotopic (exact) mass is 245 g/mol. The van der Waals surface area contributed by atoms with Gasteiger partial charge in [0.25, 0.3) is 0 Å². The van der Waals surface area contributed by atoms with Gasteiger partial charge in [-0.3, -0.25) is 4.79 Å². The summed E-state index contributed by atoms with van der Waals surface area (Å²) in [6, 6.07) is 8.81. The fourth-order valence-corrected chi connectivity index (χ4v) is 1.94. The van der Waals surface area contributed by atoms with Crippen LogP contribution in [0.5, 0.6) is 0 Å². The van der Waals surface area contributed by atoms with E-state index in [1.807, 2.05) is 12.1 Å². The minimum atomic E-state index is -0.158. The average molecular weight is 246 g/mol. The van der Waals surface area contributed by atoms with Gasteiger partial charge in [-0.1, -0.05) is 17.7 Å². The third kappa shape index (κ3) is 1.72. The van der Waals surface area contributed by atoms with E-state index < -0.39 is 0 Å². The summed E-state index contributed by atoms with van der Waals surface area (Å²) in [6.45, 7) is 0. The Bertz CT molecular complexity index is 745. The van der Waals surface area contributed by atoms with Crippen LogP contribution in [0.1, 0.15) is 0 Å². The van der Waals surface area contributed by atoms with Gasteiger partial charge in [0.15, 0.2) is 0 Å². The Hall–Kier alpha value is -2.07. The lowest BCUT2D eigenvalue weighted by atomic mass is 10.2. The highest BCUT2D eigenvalue weighted by Crippen LogP contribution is 2.24. The van der Waals surface area contributed by atoms with Crippen molar-refractivity contribution in [1.29, 1.82) is 0 Å². The SMILES string of the molecule is O=c1cc(-c2nc3c(Cl)cccc3[nH]2)cc[nH]1. The van der Waals surface area contributed by atoms with E-state index in [2.05, 4.69) is 15.0 Å². The van der Waals surface area contributed by atoms with Gasteiger partial charge in [0.1, 0.15) is 11.3 Å². The summed E-state index contributed by atoms with van der Waals surface area (Å²) in [7, 11) is 0. The molecule has 0 bridgehead atoms. The number of fused-ring (bicyclic) bond motifs is 1. The summed E-state index contributed by atoms with van der Waals surface area (Å²) in [5, 5.41) is 0.592. The number of rotatable bonds is 1. The maximum atomic E-state index is 11.2. The molecule has 0 amide bonds. The van der Waals surface area contributed by atoms with E-state index in [1.165, 1.54) is 6.07 Å². The Morgan fingerprint density at radius 2 is 2.12 bits per heavy atom. The molecule has 3 rings (SSSR count). The molecule has 5 heteroatoms. The molecule has 0 saturated heterocycles. The first-order valence-electron chi connectivity index (χ1n) is 5.07. The predicted molar refractivity (Wildman–Crippen MR) is 67.2 cm³/mol. The van der Waals surface area contributed by atoms with Crippen molar-refractivity contribution in [1.82, 2.24) is 15.0 Å². The molecule has 0 unspecified atom stereocenters. The fraction of sp³-hybridized carbons (Fsp3) is 0. The van der Waals surface area contributed by atoms with Crippen LogP contribution in [-0.2, 0) is 0 Å². The van der Waals surface area contributed by atoms with Gasteiger partial charge in [-0.2, -0.15) is 0 Å². The first kappa shape index (κ1) is 10.1. The van der Waals surface area contributed by atoms with Crippen LogP contribution in [0.25, 0.3) is 22.4 Å². The number of hydrogen-bond donors (Lipinski definition) is 2. The first-order valence-corrected chi connectivity index (χ1v) is 5.45. The maximum Gasteiger partial charge on any atom is 0.248 e.